The zero-order chi connectivity index (χ0) is 64.2. The molecular formula is C90H60N4O3. The van der Waals surface area contributed by atoms with E-state index in [1.807, 2.05) is 0 Å². The molecule has 0 saturated heterocycles. The maximum absolute atomic E-state index is 7.09. The first-order valence-electron chi connectivity index (χ1n) is 33.5. The minimum atomic E-state index is -0.205. The molecule has 21 rings (SSSR count). The number of aromatic nitrogens is 2. The summed E-state index contributed by atoms with van der Waals surface area (Å²) < 4.78 is 26.0. The van der Waals surface area contributed by atoms with Crippen LogP contribution in [0.5, 0.6) is 0 Å². The summed E-state index contributed by atoms with van der Waals surface area (Å²) >= 11 is 0. The molecule has 0 spiro atoms. The van der Waals surface area contributed by atoms with Gasteiger partial charge in [-0.15, -0.1) is 0 Å². The Bertz CT molecular complexity index is 6190. The van der Waals surface area contributed by atoms with Crippen molar-refractivity contribution in [3.8, 4) is 33.6 Å². The van der Waals surface area contributed by atoms with E-state index in [1.54, 1.807) is 0 Å². The van der Waals surface area contributed by atoms with Crippen LogP contribution >= 0.6 is 0 Å². The Labute approximate surface area is 558 Å². The Balaban J connectivity index is 0.712. The number of para-hydroxylation sites is 6. The van der Waals surface area contributed by atoms with E-state index >= 15 is 0 Å². The van der Waals surface area contributed by atoms with Gasteiger partial charge in [0.2, 0.25) is 0 Å². The van der Waals surface area contributed by atoms with Gasteiger partial charge < -0.3 is 32.2 Å². The average Bonchev–Trinajstić information content (AvgIpc) is 1.66. The highest BCUT2D eigenvalue weighted by Crippen LogP contribution is 2.55. The standard InChI is InChI=1S/C90H60N4O3/c1-89(2)73-31-15-11-25-59(73)61-41-37-55(45-75(61)89)91(79-35-19-29-67-63-27-13-17-33-77(63)93(87(67)79)53-21-7-5-8-22-53)57-39-43-65-69-49-85-71(51-83(69)95-81(65)47-57)72-52-84-70(50-86(72)97-85)66-44-40-58(48-82(66)96-84)92(56-38-42-62-60-26-12-16-32-74(60)90(3,4)76(62)46-56)80-36-20-30-68-64-28-14-18-34-78(64)94(88(68)80)54-23-9-6-10-24-54/h5-52H,1-4H3. The minimum Gasteiger partial charge on any atom is -0.456 e. The first-order valence-corrected chi connectivity index (χ1v) is 33.5. The molecule has 2 aliphatic rings. The third-order valence-corrected chi connectivity index (χ3v) is 21.6. The van der Waals surface area contributed by atoms with Gasteiger partial charge >= 0.3 is 0 Å². The van der Waals surface area contributed by atoms with Crippen LogP contribution in [0, 0.1) is 0 Å². The summed E-state index contributed by atoms with van der Waals surface area (Å²) in [5.74, 6) is 0. The van der Waals surface area contributed by atoms with Crippen molar-refractivity contribution >= 4 is 144 Å². The van der Waals surface area contributed by atoms with E-state index in [0.717, 1.165) is 133 Å². The van der Waals surface area contributed by atoms with Crippen LogP contribution in [-0.2, 0) is 10.8 Å². The first kappa shape index (κ1) is 54.1. The summed E-state index contributed by atoms with van der Waals surface area (Å²) in [6.07, 6.45) is 0. The highest BCUT2D eigenvalue weighted by Gasteiger charge is 2.38. The number of furan rings is 3. The van der Waals surface area contributed by atoms with Gasteiger partial charge in [-0.05, 0) is 166 Å². The number of rotatable bonds is 8. The van der Waals surface area contributed by atoms with Crippen LogP contribution in [-0.4, -0.2) is 9.13 Å². The SMILES string of the molecule is CC1(C)c2ccccc2-c2ccc(N(c3ccc4c(c3)oc3cc5c(cc34)oc3cc4c(cc35)oc3cc(N(c5ccc6c(c5)C(C)(C)c5ccccc5-6)c5cccc6c7ccccc7n(-c7ccccc7)c56)ccc34)c3cccc4c5ccccc5n(-c5ccccc5)c34)cc21. The largest absolute Gasteiger partial charge is 0.456 e. The van der Waals surface area contributed by atoms with Gasteiger partial charge in [-0.3, -0.25) is 0 Å². The molecular weight excluding hydrogens is 1190 g/mol. The summed E-state index contributed by atoms with van der Waals surface area (Å²) in [5.41, 5.74) is 27.7. The van der Waals surface area contributed by atoms with Crippen molar-refractivity contribution in [3.63, 3.8) is 0 Å². The van der Waals surface area contributed by atoms with Gasteiger partial charge in [0, 0.05) is 111 Å². The van der Waals surface area contributed by atoms with Crippen LogP contribution in [0.15, 0.2) is 304 Å². The van der Waals surface area contributed by atoms with Gasteiger partial charge in [0.25, 0.3) is 0 Å². The molecule has 0 radical (unpaired) electrons. The summed E-state index contributed by atoms with van der Waals surface area (Å²) in [6.45, 7) is 9.42. The Morgan fingerprint density at radius 2 is 0.577 bits per heavy atom. The molecule has 458 valence electrons. The number of hydrogen-bond acceptors (Lipinski definition) is 5. The molecule has 0 saturated carbocycles. The summed E-state index contributed by atoms with van der Waals surface area (Å²) in [7, 11) is 0. The Morgan fingerprint density at radius 3 is 1.01 bits per heavy atom. The number of anilines is 6. The van der Waals surface area contributed by atoms with Crippen molar-refractivity contribution < 1.29 is 13.3 Å². The van der Waals surface area contributed by atoms with Crippen molar-refractivity contribution in [2.45, 2.75) is 38.5 Å². The van der Waals surface area contributed by atoms with Gasteiger partial charge in [0.15, 0.2) is 0 Å². The summed E-state index contributed by atoms with van der Waals surface area (Å²) in [6, 6.07) is 106. The summed E-state index contributed by atoms with van der Waals surface area (Å²) in [5, 5.41) is 10.7. The quantitative estimate of drug-likeness (QED) is 0.152. The van der Waals surface area contributed by atoms with E-state index in [1.165, 1.54) is 66.1 Å². The highest BCUT2D eigenvalue weighted by molar-refractivity contribution is 6.21. The van der Waals surface area contributed by atoms with Crippen LogP contribution < -0.4 is 9.80 Å². The van der Waals surface area contributed by atoms with Gasteiger partial charge in [0.1, 0.15) is 33.5 Å². The van der Waals surface area contributed by atoms with Crippen LogP contribution in [0.4, 0.5) is 34.1 Å². The number of fused-ring (bicyclic) bond motifs is 21. The van der Waals surface area contributed by atoms with Crippen molar-refractivity contribution in [1.82, 2.24) is 9.13 Å². The smallest absolute Gasteiger partial charge is 0.137 e. The lowest BCUT2D eigenvalue weighted by atomic mass is 9.82. The molecule has 0 fully saturated rings. The van der Waals surface area contributed by atoms with Gasteiger partial charge in [-0.1, -0.05) is 185 Å². The molecule has 7 heteroatoms. The second-order valence-corrected chi connectivity index (χ2v) is 27.6. The fourth-order valence-electron chi connectivity index (χ4n) is 17.1. The Morgan fingerprint density at radius 1 is 0.247 bits per heavy atom. The molecule has 0 aliphatic heterocycles. The molecule has 0 bridgehead atoms. The summed E-state index contributed by atoms with van der Waals surface area (Å²) in [4.78, 5) is 4.87. The second kappa shape index (κ2) is 19.6. The maximum Gasteiger partial charge on any atom is 0.137 e. The molecule has 19 aromatic rings. The van der Waals surface area contributed by atoms with Crippen molar-refractivity contribution in [2.24, 2.45) is 0 Å². The third kappa shape index (κ3) is 7.56. The predicted octanol–water partition coefficient (Wildman–Crippen LogP) is 25.1. The lowest BCUT2D eigenvalue weighted by molar-refractivity contribution is 0.660. The van der Waals surface area contributed by atoms with Crippen LogP contribution in [0.1, 0.15) is 49.9 Å². The maximum atomic E-state index is 7.09. The van der Waals surface area contributed by atoms with Gasteiger partial charge in [0.05, 0.1) is 33.4 Å². The zero-order valence-corrected chi connectivity index (χ0v) is 53.7. The van der Waals surface area contributed by atoms with Crippen molar-refractivity contribution in [1.29, 1.82) is 0 Å². The Hall–Kier alpha value is -12.3. The average molecular weight is 1250 g/mol. The molecule has 0 N–H and O–H groups in total. The number of benzene rings is 14. The molecule has 97 heavy (non-hydrogen) atoms. The van der Waals surface area contributed by atoms with E-state index in [-0.39, 0.29) is 10.8 Å². The van der Waals surface area contributed by atoms with E-state index in [0.29, 0.717) is 0 Å². The van der Waals surface area contributed by atoms with E-state index in [2.05, 4.69) is 338 Å². The fraction of sp³-hybridized carbons (Fsp3) is 0.0667. The second-order valence-electron chi connectivity index (χ2n) is 27.6. The predicted molar refractivity (Wildman–Crippen MR) is 401 cm³/mol. The lowest BCUT2D eigenvalue weighted by Crippen LogP contribution is -2.17. The lowest BCUT2D eigenvalue weighted by Gasteiger charge is -2.29. The first-order chi connectivity index (χ1) is 47.6. The monoisotopic (exact) mass is 1240 g/mol. The molecule has 2 aliphatic carbocycles. The zero-order valence-electron chi connectivity index (χ0n) is 53.7. The van der Waals surface area contributed by atoms with Crippen LogP contribution in [0.2, 0.25) is 0 Å². The Kier molecular flexibility index (Phi) is 11.0. The van der Waals surface area contributed by atoms with Crippen molar-refractivity contribution in [3.05, 3.63) is 313 Å². The highest BCUT2D eigenvalue weighted by atomic mass is 16.3. The van der Waals surface area contributed by atoms with E-state index in [4.69, 9.17) is 13.3 Å². The molecule has 7 nitrogen and oxygen atoms in total. The van der Waals surface area contributed by atoms with E-state index in [9.17, 15) is 0 Å². The van der Waals surface area contributed by atoms with E-state index < -0.39 is 0 Å². The third-order valence-electron chi connectivity index (χ3n) is 21.6. The molecule has 5 aromatic heterocycles. The van der Waals surface area contributed by atoms with Crippen LogP contribution in [0.3, 0.4) is 0 Å². The fourth-order valence-corrected chi connectivity index (χ4v) is 17.1. The molecule has 14 aromatic carbocycles. The van der Waals surface area contributed by atoms with Crippen molar-refractivity contribution in [2.75, 3.05) is 9.80 Å². The van der Waals surface area contributed by atoms with Gasteiger partial charge in [-0.2, -0.15) is 0 Å². The number of nitrogens with zero attached hydrogens (tertiary/aromatic N) is 4. The molecule has 0 atom stereocenters. The molecule has 0 unspecified atom stereocenters. The topological polar surface area (TPSA) is 55.8 Å². The molecule has 0 amide bonds. The number of hydrogen-bond donors (Lipinski definition) is 0. The molecule has 5 heterocycles. The normalized spacial score (nSPS) is 13.7. The minimum absolute atomic E-state index is 0.205. The van der Waals surface area contributed by atoms with Gasteiger partial charge in [-0.25, -0.2) is 0 Å². The van der Waals surface area contributed by atoms with Crippen LogP contribution in [0.25, 0.3) is 143 Å².